The lowest BCUT2D eigenvalue weighted by atomic mass is 10.4. The quantitative estimate of drug-likeness (QED) is 0.715. The van der Waals surface area contributed by atoms with Crippen LogP contribution in [-0.2, 0) is 0 Å². The molecule has 3 aromatic rings. The second-order valence-electron chi connectivity index (χ2n) is 3.59. The number of hydrogen-bond donors (Lipinski definition) is 0. The normalized spacial score (nSPS) is 10.5. The topological polar surface area (TPSA) is 91.5 Å². The molecule has 0 bridgehead atoms. The third-order valence-corrected chi connectivity index (χ3v) is 2.54. The molecule has 0 radical (unpaired) electrons. The molecule has 3 heterocycles. The van der Waals surface area contributed by atoms with E-state index in [1.165, 1.54) is 24.2 Å². The first kappa shape index (κ1) is 12.4. The van der Waals surface area contributed by atoms with Crippen LogP contribution in [0.5, 0.6) is 5.88 Å². The Labute approximate surface area is 118 Å². The molecular weight excluding hydrogens is 282 g/mol. The molecule has 0 atom stereocenters. The van der Waals surface area contributed by atoms with Crippen LogP contribution >= 0.6 is 11.6 Å². The number of halogens is 1. The zero-order chi connectivity index (χ0) is 13.9. The summed E-state index contributed by atoms with van der Waals surface area (Å²) in [4.78, 5) is 20.5. The summed E-state index contributed by atoms with van der Waals surface area (Å²) in [6, 6.07) is 1.75. The molecule has 0 N–H and O–H groups in total. The minimum Gasteiger partial charge on any atom is -0.479 e. The van der Waals surface area contributed by atoms with E-state index in [-0.39, 0.29) is 17.1 Å². The van der Waals surface area contributed by atoms with Crippen molar-refractivity contribution in [3.8, 4) is 23.3 Å². The summed E-state index contributed by atoms with van der Waals surface area (Å²) in [5.41, 5.74) is 0.382. The van der Waals surface area contributed by atoms with Gasteiger partial charge in [-0.2, -0.15) is 20.1 Å². The summed E-state index contributed by atoms with van der Waals surface area (Å²) in [7, 11) is 1.49. The average molecular weight is 290 g/mol. The van der Waals surface area contributed by atoms with E-state index < -0.39 is 0 Å². The molecule has 0 aliphatic heterocycles. The highest BCUT2D eigenvalue weighted by Crippen LogP contribution is 2.22. The Kier molecular flexibility index (Phi) is 3.21. The maximum atomic E-state index is 5.92. The monoisotopic (exact) mass is 289 g/mol. The van der Waals surface area contributed by atoms with Gasteiger partial charge in [0.2, 0.25) is 11.2 Å². The fourth-order valence-corrected chi connectivity index (χ4v) is 1.72. The van der Waals surface area contributed by atoms with E-state index in [1.54, 1.807) is 18.5 Å². The SMILES string of the molecule is COc1nccnc1-c1nc(Cl)nc(-n2cccn2)n1. The van der Waals surface area contributed by atoms with Gasteiger partial charge in [-0.25, -0.2) is 14.6 Å². The van der Waals surface area contributed by atoms with Crippen molar-refractivity contribution in [3.05, 3.63) is 36.1 Å². The van der Waals surface area contributed by atoms with Crippen molar-refractivity contribution in [2.75, 3.05) is 7.11 Å². The van der Waals surface area contributed by atoms with Gasteiger partial charge in [0.1, 0.15) is 0 Å². The summed E-state index contributed by atoms with van der Waals surface area (Å²) >= 11 is 5.92. The van der Waals surface area contributed by atoms with Crippen LogP contribution in [-0.4, -0.2) is 41.8 Å². The Morgan fingerprint density at radius 3 is 2.70 bits per heavy atom. The van der Waals surface area contributed by atoms with Crippen LogP contribution in [0.1, 0.15) is 0 Å². The van der Waals surface area contributed by atoms with Gasteiger partial charge in [0.05, 0.1) is 7.11 Å². The highest BCUT2D eigenvalue weighted by molar-refractivity contribution is 6.28. The van der Waals surface area contributed by atoms with Crippen LogP contribution in [0.2, 0.25) is 5.28 Å². The minimum absolute atomic E-state index is 0.0354. The fraction of sp³-hybridized carbons (Fsp3) is 0.0909. The first-order valence-electron chi connectivity index (χ1n) is 5.55. The molecule has 0 unspecified atom stereocenters. The largest absolute Gasteiger partial charge is 0.479 e. The van der Waals surface area contributed by atoms with Gasteiger partial charge in [-0.15, -0.1) is 0 Å². The zero-order valence-corrected chi connectivity index (χ0v) is 11.1. The van der Waals surface area contributed by atoms with E-state index in [4.69, 9.17) is 16.3 Å². The molecule has 0 saturated heterocycles. The van der Waals surface area contributed by atoms with E-state index >= 15 is 0 Å². The Morgan fingerprint density at radius 2 is 1.95 bits per heavy atom. The van der Waals surface area contributed by atoms with E-state index in [0.717, 1.165) is 0 Å². The van der Waals surface area contributed by atoms with Crippen molar-refractivity contribution in [1.82, 2.24) is 34.7 Å². The molecule has 20 heavy (non-hydrogen) atoms. The standard InChI is InChI=1S/C11H8ClN7O/c1-20-9-7(13-4-5-14-9)8-16-10(12)18-11(17-8)19-6-2-3-15-19/h2-6H,1H3. The molecule has 9 heteroatoms. The lowest BCUT2D eigenvalue weighted by molar-refractivity contribution is 0.397. The fourth-order valence-electron chi connectivity index (χ4n) is 1.56. The van der Waals surface area contributed by atoms with Crippen molar-refractivity contribution in [2.24, 2.45) is 0 Å². The van der Waals surface area contributed by atoms with E-state index in [2.05, 4.69) is 30.0 Å². The van der Waals surface area contributed by atoms with Crippen LogP contribution in [0.15, 0.2) is 30.9 Å². The van der Waals surface area contributed by atoms with Crippen LogP contribution in [0.25, 0.3) is 17.5 Å². The van der Waals surface area contributed by atoms with Crippen molar-refractivity contribution in [1.29, 1.82) is 0 Å². The van der Waals surface area contributed by atoms with Crippen molar-refractivity contribution >= 4 is 11.6 Å². The van der Waals surface area contributed by atoms with Crippen molar-refractivity contribution < 1.29 is 4.74 Å². The van der Waals surface area contributed by atoms with Gasteiger partial charge < -0.3 is 4.74 Å². The number of aromatic nitrogens is 7. The molecule has 3 rings (SSSR count). The smallest absolute Gasteiger partial charge is 0.255 e. The number of nitrogens with zero attached hydrogens (tertiary/aromatic N) is 7. The third kappa shape index (κ3) is 2.28. The van der Waals surface area contributed by atoms with Crippen LogP contribution < -0.4 is 4.74 Å². The lowest BCUT2D eigenvalue weighted by Gasteiger charge is -2.06. The van der Waals surface area contributed by atoms with Gasteiger partial charge in [-0.1, -0.05) is 0 Å². The zero-order valence-electron chi connectivity index (χ0n) is 10.3. The Morgan fingerprint density at radius 1 is 1.10 bits per heavy atom. The summed E-state index contributed by atoms with van der Waals surface area (Å²) in [6.45, 7) is 0. The Bertz CT molecular complexity index is 731. The maximum Gasteiger partial charge on any atom is 0.255 e. The van der Waals surface area contributed by atoms with Gasteiger partial charge >= 0.3 is 0 Å². The number of rotatable bonds is 3. The molecule has 8 nitrogen and oxygen atoms in total. The first-order valence-corrected chi connectivity index (χ1v) is 5.92. The highest BCUT2D eigenvalue weighted by atomic mass is 35.5. The van der Waals surface area contributed by atoms with Gasteiger partial charge in [0.25, 0.3) is 5.95 Å². The molecule has 0 fully saturated rings. The highest BCUT2D eigenvalue weighted by Gasteiger charge is 2.15. The third-order valence-electron chi connectivity index (χ3n) is 2.38. The second kappa shape index (κ2) is 5.17. The molecule has 0 aromatic carbocycles. The van der Waals surface area contributed by atoms with Crippen LogP contribution in [0.3, 0.4) is 0 Å². The van der Waals surface area contributed by atoms with Gasteiger partial charge in [0.15, 0.2) is 11.5 Å². The van der Waals surface area contributed by atoms with E-state index in [9.17, 15) is 0 Å². The summed E-state index contributed by atoms with van der Waals surface area (Å²) < 4.78 is 6.60. The van der Waals surface area contributed by atoms with E-state index in [1.807, 2.05) is 0 Å². The van der Waals surface area contributed by atoms with Crippen LogP contribution in [0, 0.1) is 0 Å². The summed E-state index contributed by atoms with van der Waals surface area (Å²) in [5, 5.41) is 4.08. The molecule has 0 aliphatic carbocycles. The summed E-state index contributed by atoms with van der Waals surface area (Å²) in [6.07, 6.45) is 6.34. The lowest BCUT2D eigenvalue weighted by Crippen LogP contribution is -2.06. The summed E-state index contributed by atoms with van der Waals surface area (Å²) in [5.74, 6) is 0.860. The molecule has 0 saturated carbocycles. The predicted octanol–water partition coefficient (Wildman–Crippen LogP) is 1.18. The van der Waals surface area contributed by atoms with Crippen molar-refractivity contribution in [3.63, 3.8) is 0 Å². The Balaban J connectivity index is 2.15. The molecule has 0 aliphatic rings. The molecule has 0 amide bonds. The van der Waals surface area contributed by atoms with Crippen molar-refractivity contribution in [2.45, 2.75) is 0 Å². The van der Waals surface area contributed by atoms with Gasteiger partial charge in [-0.3, -0.25) is 0 Å². The number of hydrogen-bond acceptors (Lipinski definition) is 7. The van der Waals surface area contributed by atoms with Crippen LogP contribution in [0.4, 0.5) is 0 Å². The molecular formula is C11H8ClN7O. The molecule has 100 valence electrons. The maximum absolute atomic E-state index is 5.92. The number of methoxy groups -OCH3 is 1. The number of ether oxygens (including phenoxy) is 1. The minimum atomic E-state index is 0.0354. The van der Waals surface area contributed by atoms with Gasteiger partial charge in [-0.05, 0) is 17.7 Å². The first-order chi connectivity index (χ1) is 9.78. The van der Waals surface area contributed by atoms with Gasteiger partial charge in [0, 0.05) is 24.8 Å². The predicted molar refractivity (Wildman–Crippen MR) is 69.5 cm³/mol. The molecule has 3 aromatic heterocycles. The Hall–Kier alpha value is -2.61. The molecule has 0 spiro atoms. The second-order valence-corrected chi connectivity index (χ2v) is 3.93. The van der Waals surface area contributed by atoms with E-state index in [0.29, 0.717) is 11.6 Å². The average Bonchev–Trinajstić information content (AvgIpc) is 3.01.